The van der Waals surface area contributed by atoms with Gasteiger partial charge < -0.3 is 10.4 Å². The first-order chi connectivity index (χ1) is 9.43. The molecular formula is C13H12FIN2O3. The Morgan fingerprint density at radius 2 is 2.10 bits per heavy atom. The smallest absolute Gasteiger partial charge is 0.277 e. The summed E-state index contributed by atoms with van der Waals surface area (Å²) in [5.41, 5.74) is 1.24. The van der Waals surface area contributed by atoms with E-state index in [0.29, 0.717) is 5.69 Å². The van der Waals surface area contributed by atoms with Crippen molar-refractivity contribution < 1.29 is 19.1 Å². The van der Waals surface area contributed by atoms with Gasteiger partial charge in [0.15, 0.2) is 0 Å². The molecule has 0 bridgehead atoms. The Balaban J connectivity index is 2.26. The maximum atomic E-state index is 13.4. The van der Waals surface area contributed by atoms with Crippen molar-refractivity contribution in [3.05, 3.63) is 38.9 Å². The van der Waals surface area contributed by atoms with Crippen LogP contribution in [0.1, 0.15) is 5.56 Å². The molecule has 1 aromatic rings. The van der Waals surface area contributed by atoms with Crippen LogP contribution in [0, 0.1) is 16.3 Å². The molecular weight excluding hydrogens is 378 g/mol. The van der Waals surface area contributed by atoms with Gasteiger partial charge in [0.2, 0.25) is 0 Å². The number of aliphatic hydroxyl groups is 1. The average Bonchev–Trinajstić information content (AvgIpc) is 2.63. The number of benzene rings is 1. The van der Waals surface area contributed by atoms with Crippen molar-refractivity contribution in [2.75, 3.05) is 18.5 Å². The van der Waals surface area contributed by atoms with E-state index in [0.717, 1.165) is 20.1 Å². The molecule has 1 aliphatic heterocycles. The van der Waals surface area contributed by atoms with Crippen molar-refractivity contribution in [2.45, 2.75) is 6.92 Å². The van der Waals surface area contributed by atoms with E-state index >= 15 is 0 Å². The van der Waals surface area contributed by atoms with E-state index in [1.165, 1.54) is 12.1 Å². The van der Waals surface area contributed by atoms with Crippen LogP contribution in [-0.2, 0) is 9.59 Å². The molecule has 0 saturated heterocycles. The molecule has 2 amide bonds. The highest BCUT2D eigenvalue weighted by Gasteiger charge is 2.30. The minimum absolute atomic E-state index is 0.0569. The Kier molecular flexibility index (Phi) is 4.39. The molecule has 2 N–H and O–H groups in total. The topological polar surface area (TPSA) is 69.6 Å². The third-order valence-electron chi connectivity index (χ3n) is 2.82. The SMILES string of the molecule is Cc1cc(F)cc(NC2=CC(=O)N(CCO)C2=O)c1I. The van der Waals surface area contributed by atoms with Gasteiger partial charge in [-0.1, -0.05) is 0 Å². The Hall–Kier alpha value is -1.48. The van der Waals surface area contributed by atoms with E-state index in [9.17, 15) is 14.0 Å². The molecule has 20 heavy (non-hydrogen) atoms. The fourth-order valence-corrected chi connectivity index (χ4v) is 2.32. The van der Waals surface area contributed by atoms with Crippen molar-refractivity contribution >= 4 is 40.1 Å². The molecule has 0 saturated carbocycles. The summed E-state index contributed by atoms with van der Waals surface area (Å²) in [6.45, 7) is 1.40. The molecule has 0 radical (unpaired) electrons. The number of imide groups is 1. The molecule has 5 nitrogen and oxygen atoms in total. The molecule has 1 aliphatic rings. The Bertz CT molecular complexity index is 616. The lowest BCUT2D eigenvalue weighted by atomic mass is 10.2. The summed E-state index contributed by atoms with van der Waals surface area (Å²) in [6.07, 6.45) is 1.15. The molecule has 2 rings (SSSR count). The lowest BCUT2D eigenvalue weighted by Crippen LogP contribution is -2.34. The van der Waals surface area contributed by atoms with E-state index < -0.39 is 17.6 Å². The molecule has 0 fully saturated rings. The number of hydrogen-bond donors (Lipinski definition) is 2. The van der Waals surface area contributed by atoms with E-state index in [-0.39, 0.29) is 18.8 Å². The fourth-order valence-electron chi connectivity index (χ4n) is 1.87. The number of anilines is 1. The van der Waals surface area contributed by atoms with Crippen LogP contribution in [0.2, 0.25) is 0 Å². The lowest BCUT2D eigenvalue weighted by molar-refractivity contribution is -0.137. The highest BCUT2D eigenvalue weighted by Crippen LogP contribution is 2.26. The van der Waals surface area contributed by atoms with Crippen molar-refractivity contribution in [2.24, 2.45) is 0 Å². The van der Waals surface area contributed by atoms with Gasteiger partial charge in [-0.05, 0) is 47.2 Å². The van der Waals surface area contributed by atoms with E-state index in [1.54, 1.807) is 6.92 Å². The van der Waals surface area contributed by atoms with Gasteiger partial charge in [0.05, 0.1) is 18.8 Å². The van der Waals surface area contributed by atoms with Crippen LogP contribution >= 0.6 is 22.6 Å². The van der Waals surface area contributed by atoms with Crippen LogP contribution in [0.15, 0.2) is 23.9 Å². The second kappa shape index (κ2) is 5.88. The van der Waals surface area contributed by atoms with Gasteiger partial charge in [0.25, 0.3) is 11.8 Å². The largest absolute Gasteiger partial charge is 0.395 e. The summed E-state index contributed by atoms with van der Waals surface area (Å²) in [4.78, 5) is 24.5. The molecule has 0 aliphatic carbocycles. The predicted molar refractivity (Wildman–Crippen MR) is 79.4 cm³/mol. The number of aryl methyl sites for hydroxylation is 1. The van der Waals surface area contributed by atoms with Gasteiger partial charge in [-0.2, -0.15) is 0 Å². The summed E-state index contributed by atoms with van der Waals surface area (Å²) in [5.74, 6) is -1.44. The summed E-state index contributed by atoms with van der Waals surface area (Å²) >= 11 is 2.04. The highest BCUT2D eigenvalue weighted by atomic mass is 127. The van der Waals surface area contributed by atoms with E-state index in [4.69, 9.17) is 5.11 Å². The number of nitrogens with one attached hydrogen (secondary N) is 1. The van der Waals surface area contributed by atoms with Crippen LogP contribution in [0.5, 0.6) is 0 Å². The number of carbonyl (C=O) groups excluding carboxylic acids is 2. The second-order valence-corrected chi connectivity index (χ2v) is 5.36. The molecule has 0 unspecified atom stereocenters. The monoisotopic (exact) mass is 390 g/mol. The number of carbonyl (C=O) groups is 2. The summed E-state index contributed by atoms with van der Waals surface area (Å²) < 4.78 is 14.2. The van der Waals surface area contributed by atoms with Gasteiger partial charge >= 0.3 is 0 Å². The molecule has 1 aromatic carbocycles. The van der Waals surface area contributed by atoms with Crippen LogP contribution in [0.4, 0.5) is 10.1 Å². The van der Waals surface area contributed by atoms with E-state index in [1.807, 2.05) is 22.6 Å². The lowest BCUT2D eigenvalue weighted by Gasteiger charge is -2.14. The summed E-state index contributed by atoms with van der Waals surface area (Å²) in [6, 6.07) is 2.66. The third kappa shape index (κ3) is 2.83. The number of rotatable bonds is 4. The maximum Gasteiger partial charge on any atom is 0.277 e. The standard InChI is InChI=1S/C13H12FIN2O3/c1-7-4-8(14)5-9(12(7)15)16-10-6-11(19)17(2-3-18)13(10)20/h4-6,16,18H,2-3H2,1H3. The number of aliphatic hydroxyl groups excluding tert-OH is 1. The van der Waals surface area contributed by atoms with Gasteiger partial charge in [-0.25, -0.2) is 4.39 Å². The number of nitrogens with zero attached hydrogens (tertiary/aromatic N) is 1. The summed E-state index contributed by atoms with van der Waals surface area (Å²) in [7, 11) is 0. The van der Waals surface area contributed by atoms with Gasteiger partial charge in [0, 0.05) is 9.65 Å². The quantitative estimate of drug-likeness (QED) is 0.603. The van der Waals surface area contributed by atoms with E-state index in [2.05, 4.69) is 5.32 Å². The number of halogens is 2. The number of amides is 2. The number of hydrogen-bond acceptors (Lipinski definition) is 4. The first-order valence-corrected chi connectivity index (χ1v) is 6.93. The zero-order valence-corrected chi connectivity index (χ0v) is 12.8. The van der Waals surface area contributed by atoms with Gasteiger partial charge in [0.1, 0.15) is 11.5 Å². The number of β-amino-alcohol motifs (C(OH)–C–C–N with tert-alkyl or cyclic N) is 1. The summed E-state index contributed by atoms with van der Waals surface area (Å²) in [5, 5.41) is 11.6. The zero-order chi connectivity index (χ0) is 14.9. The van der Waals surface area contributed by atoms with Crippen molar-refractivity contribution in [3.8, 4) is 0 Å². The molecule has 7 heteroatoms. The molecule has 0 spiro atoms. The van der Waals surface area contributed by atoms with Gasteiger partial charge in [-0.3, -0.25) is 14.5 Å². The Labute approximate surface area is 128 Å². The maximum absolute atomic E-state index is 13.4. The third-order valence-corrected chi connectivity index (χ3v) is 4.25. The van der Waals surface area contributed by atoms with Crippen molar-refractivity contribution in [3.63, 3.8) is 0 Å². The molecule has 106 valence electrons. The second-order valence-electron chi connectivity index (χ2n) is 4.29. The van der Waals surface area contributed by atoms with Crippen LogP contribution in [-0.4, -0.2) is 35.0 Å². The first-order valence-electron chi connectivity index (χ1n) is 5.85. The van der Waals surface area contributed by atoms with Crippen LogP contribution < -0.4 is 5.32 Å². The molecule has 0 atom stereocenters. The Morgan fingerprint density at radius 1 is 1.40 bits per heavy atom. The Morgan fingerprint density at radius 3 is 2.75 bits per heavy atom. The molecule has 0 aromatic heterocycles. The first kappa shape index (κ1) is 14.9. The van der Waals surface area contributed by atoms with Gasteiger partial charge in [-0.15, -0.1) is 0 Å². The normalized spacial score (nSPS) is 14.8. The highest BCUT2D eigenvalue weighted by molar-refractivity contribution is 14.1. The fraction of sp³-hybridized carbons (Fsp3) is 0.231. The molecule has 1 heterocycles. The zero-order valence-electron chi connectivity index (χ0n) is 10.6. The average molecular weight is 390 g/mol. The van der Waals surface area contributed by atoms with Crippen LogP contribution in [0.3, 0.4) is 0 Å². The minimum atomic E-state index is -0.526. The van der Waals surface area contributed by atoms with Crippen molar-refractivity contribution in [1.29, 1.82) is 0 Å². The van der Waals surface area contributed by atoms with Crippen molar-refractivity contribution in [1.82, 2.24) is 4.90 Å². The van der Waals surface area contributed by atoms with Crippen LogP contribution in [0.25, 0.3) is 0 Å². The predicted octanol–water partition coefficient (Wildman–Crippen LogP) is 1.40. The minimum Gasteiger partial charge on any atom is -0.395 e.